The van der Waals surface area contributed by atoms with Gasteiger partial charge < -0.3 is 16.2 Å². The van der Waals surface area contributed by atoms with Gasteiger partial charge in [0.1, 0.15) is 17.9 Å². The lowest BCUT2D eigenvalue weighted by molar-refractivity contribution is 0.462. The minimum Gasteiger partial charge on any atom is -0.439 e. The van der Waals surface area contributed by atoms with Gasteiger partial charge in [0.2, 0.25) is 5.88 Å². The molecular weight excluding hydrogens is 192 g/mol. The predicted molar refractivity (Wildman–Crippen MR) is 57.4 cm³/mol. The van der Waals surface area contributed by atoms with E-state index >= 15 is 0 Å². The molecule has 0 bridgehead atoms. The highest BCUT2D eigenvalue weighted by molar-refractivity contribution is 5.45. The number of nitrogens with zero attached hydrogens (tertiary/aromatic N) is 2. The molecule has 15 heavy (non-hydrogen) atoms. The van der Waals surface area contributed by atoms with Gasteiger partial charge in [-0.3, -0.25) is 0 Å². The molecular formula is C10H10N4O. The first-order chi connectivity index (χ1) is 7.24. The molecule has 0 saturated heterocycles. The van der Waals surface area contributed by atoms with Gasteiger partial charge in [-0.25, -0.2) is 9.97 Å². The summed E-state index contributed by atoms with van der Waals surface area (Å²) in [5, 5.41) is 0. The topological polar surface area (TPSA) is 87.0 Å². The summed E-state index contributed by atoms with van der Waals surface area (Å²) in [6.45, 7) is 0. The van der Waals surface area contributed by atoms with Crippen molar-refractivity contribution in [2.45, 2.75) is 0 Å². The molecule has 0 fully saturated rings. The Balaban J connectivity index is 2.22. The second-order valence-corrected chi connectivity index (χ2v) is 2.96. The van der Waals surface area contributed by atoms with Crippen LogP contribution in [0.2, 0.25) is 0 Å². The lowest BCUT2D eigenvalue weighted by Crippen LogP contribution is -1.94. The molecule has 5 heteroatoms. The quantitative estimate of drug-likeness (QED) is 0.719. The Morgan fingerprint density at radius 1 is 1.07 bits per heavy atom. The normalized spacial score (nSPS) is 9.87. The van der Waals surface area contributed by atoms with Crippen LogP contribution < -0.4 is 16.2 Å². The highest BCUT2D eigenvalue weighted by Crippen LogP contribution is 2.21. The molecule has 2 rings (SSSR count). The van der Waals surface area contributed by atoms with E-state index in [9.17, 15) is 0 Å². The second-order valence-electron chi connectivity index (χ2n) is 2.96. The Kier molecular flexibility index (Phi) is 2.37. The molecule has 0 saturated carbocycles. The largest absolute Gasteiger partial charge is 0.439 e. The number of aromatic nitrogens is 2. The number of ether oxygens (including phenoxy) is 1. The summed E-state index contributed by atoms with van der Waals surface area (Å²) in [6.07, 6.45) is 1.34. The number of nitrogen functional groups attached to an aromatic ring is 2. The first-order valence-corrected chi connectivity index (χ1v) is 4.35. The Bertz CT molecular complexity index is 429. The van der Waals surface area contributed by atoms with Crippen molar-refractivity contribution >= 4 is 11.5 Å². The van der Waals surface area contributed by atoms with Crippen LogP contribution in [0.25, 0.3) is 0 Å². The van der Waals surface area contributed by atoms with E-state index in [4.69, 9.17) is 16.2 Å². The minimum absolute atomic E-state index is 0.365. The van der Waals surface area contributed by atoms with Crippen LogP contribution in [0.1, 0.15) is 0 Å². The number of hydrogen-bond acceptors (Lipinski definition) is 5. The maximum Gasteiger partial charge on any atom is 0.224 e. The molecule has 1 aromatic heterocycles. The molecule has 0 radical (unpaired) electrons. The number of hydrogen-bond donors (Lipinski definition) is 2. The van der Waals surface area contributed by atoms with Gasteiger partial charge in [0.25, 0.3) is 0 Å². The fourth-order valence-corrected chi connectivity index (χ4v) is 1.11. The van der Waals surface area contributed by atoms with Crippen molar-refractivity contribution in [1.29, 1.82) is 0 Å². The predicted octanol–water partition coefficient (Wildman–Crippen LogP) is 1.43. The molecule has 4 N–H and O–H groups in total. The highest BCUT2D eigenvalue weighted by atomic mass is 16.5. The average Bonchev–Trinajstić information content (AvgIpc) is 2.17. The molecule has 0 amide bonds. The van der Waals surface area contributed by atoms with Crippen molar-refractivity contribution in [2.24, 2.45) is 0 Å². The average molecular weight is 202 g/mol. The molecule has 0 unspecified atom stereocenters. The Morgan fingerprint density at radius 2 is 1.93 bits per heavy atom. The van der Waals surface area contributed by atoms with E-state index in [-0.39, 0.29) is 0 Å². The zero-order valence-electron chi connectivity index (χ0n) is 7.92. The smallest absolute Gasteiger partial charge is 0.224 e. The fraction of sp³-hybridized carbons (Fsp3) is 0. The maximum absolute atomic E-state index is 5.60. The summed E-state index contributed by atoms with van der Waals surface area (Å²) < 4.78 is 5.43. The summed E-state index contributed by atoms with van der Waals surface area (Å²) in [5.74, 6) is 1.38. The Morgan fingerprint density at radius 3 is 2.67 bits per heavy atom. The summed E-state index contributed by atoms with van der Waals surface area (Å²) >= 11 is 0. The van der Waals surface area contributed by atoms with E-state index < -0.39 is 0 Å². The summed E-state index contributed by atoms with van der Waals surface area (Å²) in [4.78, 5) is 7.67. The van der Waals surface area contributed by atoms with Gasteiger partial charge in [0.05, 0.1) is 0 Å². The van der Waals surface area contributed by atoms with E-state index in [1.165, 1.54) is 6.33 Å². The standard InChI is InChI=1S/C10H10N4O/c11-7-2-1-3-8(4-7)15-10-5-9(12)13-6-14-10/h1-6H,11H2,(H2,12,13,14). The van der Waals surface area contributed by atoms with Gasteiger partial charge in [-0.2, -0.15) is 0 Å². The summed E-state index contributed by atoms with van der Waals surface area (Å²) in [5.41, 5.74) is 11.7. The van der Waals surface area contributed by atoms with Crippen molar-refractivity contribution in [3.63, 3.8) is 0 Å². The third-order valence-electron chi connectivity index (χ3n) is 1.74. The van der Waals surface area contributed by atoms with Crippen molar-refractivity contribution in [1.82, 2.24) is 9.97 Å². The first kappa shape index (κ1) is 9.26. The Hall–Kier alpha value is -2.30. The van der Waals surface area contributed by atoms with Gasteiger partial charge in [0.15, 0.2) is 0 Å². The van der Waals surface area contributed by atoms with Crippen LogP contribution in [0.4, 0.5) is 11.5 Å². The lowest BCUT2D eigenvalue weighted by atomic mass is 10.3. The summed E-state index contributed by atoms with van der Waals surface area (Å²) in [6, 6.07) is 8.62. The molecule has 1 aromatic carbocycles. The van der Waals surface area contributed by atoms with Crippen LogP contribution in [0, 0.1) is 0 Å². The van der Waals surface area contributed by atoms with Gasteiger partial charge in [-0.15, -0.1) is 0 Å². The van der Waals surface area contributed by atoms with Crippen LogP contribution in [0.5, 0.6) is 11.6 Å². The zero-order chi connectivity index (χ0) is 10.7. The maximum atomic E-state index is 5.60. The van der Waals surface area contributed by atoms with E-state index in [1.54, 1.807) is 30.3 Å². The van der Waals surface area contributed by atoms with Crippen molar-refractivity contribution in [2.75, 3.05) is 11.5 Å². The van der Waals surface area contributed by atoms with Gasteiger partial charge in [-0.05, 0) is 12.1 Å². The molecule has 0 aliphatic heterocycles. The van der Waals surface area contributed by atoms with Crippen LogP contribution >= 0.6 is 0 Å². The molecule has 0 aliphatic carbocycles. The molecule has 76 valence electrons. The van der Waals surface area contributed by atoms with Crippen molar-refractivity contribution in [3.05, 3.63) is 36.7 Å². The Labute approximate surface area is 86.7 Å². The number of anilines is 2. The van der Waals surface area contributed by atoms with Gasteiger partial charge in [0, 0.05) is 17.8 Å². The summed E-state index contributed by atoms with van der Waals surface area (Å²) in [7, 11) is 0. The lowest BCUT2D eigenvalue weighted by Gasteiger charge is -2.04. The molecule has 2 aromatic rings. The number of benzene rings is 1. The third-order valence-corrected chi connectivity index (χ3v) is 1.74. The third kappa shape index (κ3) is 2.34. The van der Waals surface area contributed by atoms with E-state index in [2.05, 4.69) is 9.97 Å². The monoisotopic (exact) mass is 202 g/mol. The highest BCUT2D eigenvalue weighted by Gasteiger charge is 1.99. The molecule has 0 atom stereocenters. The molecule has 5 nitrogen and oxygen atoms in total. The molecule has 0 aliphatic rings. The van der Waals surface area contributed by atoms with E-state index in [0.29, 0.717) is 23.1 Å². The molecule has 0 spiro atoms. The van der Waals surface area contributed by atoms with Crippen LogP contribution in [0.3, 0.4) is 0 Å². The molecule has 1 heterocycles. The van der Waals surface area contributed by atoms with E-state index in [0.717, 1.165) is 0 Å². The minimum atomic E-state index is 0.365. The van der Waals surface area contributed by atoms with Crippen molar-refractivity contribution in [3.8, 4) is 11.6 Å². The number of rotatable bonds is 2. The number of nitrogens with two attached hydrogens (primary N) is 2. The SMILES string of the molecule is Nc1cccc(Oc2cc(N)ncn2)c1. The van der Waals surface area contributed by atoms with E-state index in [1.807, 2.05) is 0 Å². The van der Waals surface area contributed by atoms with Crippen LogP contribution in [-0.2, 0) is 0 Å². The van der Waals surface area contributed by atoms with Crippen LogP contribution in [0.15, 0.2) is 36.7 Å². The zero-order valence-corrected chi connectivity index (χ0v) is 7.92. The first-order valence-electron chi connectivity index (χ1n) is 4.35. The van der Waals surface area contributed by atoms with Gasteiger partial charge >= 0.3 is 0 Å². The van der Waals surface area contributed by atoms with Gasteiger partial charge in [-0.1, -0.05) is 6.07 Å². The van der Waals surface area contributed by atoms with Crippen LogP contribution in [-0.4, -0.2) is 9.97 Å². The fourth-order valence-electron chi connectivity index (χ4n) is 1.11. The van der Waals surface area contributed by atoms with Crippen molar-refractivity contribution < 1.29 is 4.74 Å². The second kappa shape index (κ2) is 3.83.